The smallest absolute Gasteiger partial charge is 0.277 e. The maximum atomic E-state index is 13.0. The molecule has 0 saturated heterocycles. The summed E-state index contributed by atoms with van der Waals surface area (Å²) in [6, 6.07) is 8.63. The molecule has 0 spiro atoms. The third kappa shape index (κ3) is 3.69. The van der Waals surface area contributed by atoms with Crippen LogP contribution in [0.2, 0.25) is 0 Å². The fourth-order valence-electron chi connectivity index (χ4n) is 6.42. The van der Waals surface area contributed by atoms with Crippen LogP contribution < -0.4 is 16.0 Å². The lowest BCUT2D eigenvalue weighted by Crippen LogP contribution is -2.54. The van der Waals surface area contributed by atoms with Gasteiger partial charge in [0.25, 0.3) is 5.91 Å². The van der Waals surface area contributed by atoms with E-state index in [2.05, 4.69) is 12.2 Å². The molecular formula is C24H30N4O2. The van der Waals surface area contributed by atoms with Gasteiger partial charge in [-0.25, -0.2) is 4.90 Å². The second-order valence-corrected chi connectivity index (χ2v) is 9.59. The molecule has 158 valence electrons. The first-order valence-electron chi connectivity index (χ1n) is 10.9. The Morgan fingerprint density at radius 3 is 2.17 bits per heavy atom. The van der Waals surface area contributed by atoms with Crippen LogP contribution in [0.5, 0.6) is 0 Å². The second-order valence-electron chi connectivity index (χ2n) is 9.59. The molecule has 1 atom stereocenters. The Bertz CT molecular complexity index is 877. The monoisotopic (exact) mass is 406 g/mol. The number of nitriles is 1. The second kappa shape index (κ2) is 7.79. The highest BCUT2D eigenvalue weighted by Gasteiger charge is 2.53. The van der Waals surface area contributed by atoms with Crippen LogP contribution in [0.15, 0.2) is 36.0 Å². The number of imide groups is 1. The largest absolute Gasteiger partial charge is 0.399 e. The molecule has 2 amide bonds. The summed E-state index contributed by atoms with van der Waals surface area (Å²) >= 11 is 0. The molecule has 4 fully saturated rings. The molecule has 4 saturated carbocycles. The number of hydrogen-bond donors (Lipinski definition) is 2. The fourth-order valence-corrected chi connectivity index (χ4v) is 6.42. The van der Waals surface area contributed by atoms with Crippen LogP contribution >= 0.6 is 0 Å². The molecule has 5 rings (SSSR count). The van der Waals surface area contributed by atoms with Gasteiger partial charge in [0.05, 0.1) is 5.69 Å². The van der Waals surface area contributed by atoms with Crippen molar-refractivity contribution in [3.63, 3.8) is 0 Å². The number of carbonyl (C=O) groups is 2. The molecule has 4 bridgehead atoms. The Labute approximate surface area is 178 Å². The average molecular weight is 407 g/mol. The van der Waals surface area contributed by atoms with Gasteiger partial charge in [0.2, 0.25) is 5.91 Å². The van der Waals surface area contributed by atoms with E-state index < -0.39 is 11.8 Å². The van der Waals surface area contributed by atoms with E-state index in [9.17, 15) is 14.9 Å². The van der Waals surface area contributed by atoms with Crippen molar-refractivity contribution >= 4 is 23.2 Å². The van der Waals surface area contributed by atoms with Gasteiger partial charge in [0, 0.05) is 24.9 Å². The summed E-state index contributed by atoms with van der Waals surface area (Å²) in [4.78, 5) is 26.2. The Morgan fingerprint density at radius 1 is 1.17 bits per heavy atom. The Morgan fingerprint density at radius 2 is 1.70 bits per heavy atom. The lowest BCUT2D eigenvalue weighted by molar-refractivity contribution is -0.123. The molecule has 4 aliphatic rings. The number of hydrogen-bond acceptors (Lipinski definition) is 5. The summed E-state index contributed by atoms with van der Waals surface area (Å²) in [5, 5.41) is 13.0. The highest BCUT2D eigenvalue weighted by atomic mass is 16.2. The van der Waals surface area contributed by atoms with Gasteiger partial charge in [-0.3, -0.25) is 9.59 Å². The number of carbonyl (C=O) groups excluding carboxylic acids is 2. The zero-order valence-corrected chi connectivity index (χ0v) is 17.7. The van der Waals surface area contributed by atoms with E-state index in [-0.39, 0.29) is 17.0 Å². The highest BCUT2D eigenvalue weighted by Crippen LogP contribution is 2.61. The molecule has 1 aromatic carbocycles. The van der Waals surface area contributed by atoms with Crippen molar-refractivity contribution in [2.24, 2.45) is 23.2 Å². The third-order valence-corrected chi connectivity index (χ3v) is 7.50. The van der Waals surface area contributed by atoms with Gasteiger partial charge in [0.15, 0.2) is 0 Å². The van der Waals surface area contributed by atoms with Crippen LogP contribution in [0.1, 0.15) is 52.4 Å². The Balaban J connectivity index is 1.51. The molecule has 3 N–H and O–H groups in total. The fraction of sp³-hybridized carbons (Fsp3) is 0.542. The first-order chi connectivity index (χ1) is 14.3. The molecule has 6 nitrogen and oxygen atoms in total. The van der Waals surface area contributed by atoms with Gasteiger partial charge < -0.3 is 11.1 Å². The topological polar surface area (TPSA) is 99.2 Å². The van der Waals surface area contributed by atoms with E-state index in [1.807, 2.05) is 6.07 Å². The number of nitrogens with two attached hydrogens (primary N) is 1. The normalized spacial score (nSPS) is 30.4. The minimum Gasteiger partial charge on any atom is -0.399 e. The number of amides is 2. The molecule has 1 unspecified atom stereocenters. The number of nitrogens with zero attached hydrogens (tertiary/aromatic N) is 2. The quantitative estimate of drug-likeness (QED) is 0.441. The number of rotatable bonds is 5. The van der Waals surface area contributed by atoms with E-state index in [1.54, 1.807) is 24.3 Å². The van der Waals surface area contributed by atoms with Crippen molar-refractivity contribution in [1.29, 1.82) is 5.26 Å². The number of nitrogens with one attached hydrogen (secondary N) is 1. The predicted octanol–water partition coefficient (Wildman–Crippen LogP) is 3.75. The van der Waals surface area contributed by atoms with Crippen molar-refractivity contribution < 1.29 is 9.59 Å². The molecule has 6 heteroatoms. The van der Waals surface area contributed by atoms with Gasteiger partial charge >= 0.3 is 0 Å². The molecular weight excluding hydrogens is 376 g/mol. The third-order valence-electron chi connectivity index (χ3n) is 7.50. The number of benzene rings is 1. The first kappa shape index (κ1) is 20.5. The molecule has 4 aliphatic carbocycles. The molecule has 0 aromatic heterocycles. The Kier molecular flexibility index (Phi) is 5.31. The van der Waals surface area contributed by atoms with Gasteiger partial charge in [-0.05, 0) is 92.9 Å². The van der Waals surface area contributed by atoms with Crippen molar-refractivity contribution in [1.82, 2.24) is 5.32 Å². The zero-order valence-electron chi connectivity index (χ0n) is 17.7. The van der Waals surface area contributed by atoms with Crippen LogP contribution in [0.4, 0.5) is 11.4 Å². The molecule has 0 heterocycles. The van der Waals surface area contributed by atoms with Crippen molar-refractivity contribution in [2.45, 2.75) is 58.4 Å². The maximum absolute atomic E-state index is 13.0. The van der Waals surface area contributed by atoms with Crippen LogP contribution in [-0.4, -0.2) is 17.9 Å². The zero-order chi connectivity index (χ0) is 21.5. The lowest BCUT2D eigenvalue weighted by Gasteiger charge is -2.59. The standard InChI is InChI=1S/C24H30N4O2/c1-15(24-10-17-7-18(11-24)9-19(8-17)12-24)27-14-20(13-25)23(30)28(16(2)29)22-5-3-21(26)4-6-22/h3-6,14-15,17-19,27H,7-12,26H2,1-2H3/b20-14-. The molecule has 0 radical (unpaired) electrons. The molecule has 30 heavy (non-hydrogen) atoms. The predicted molar refractivity (Wildman–Crippen MR) is 116 cm³/mol. The van der Waals surface area contributed by atoms with Crippen LogP contribution in [-0.2, 0) is 9.59 Å². The summed E-state index contributed by atoms with van der Waals surface area (Å²) in [6.07, 6.45) is 9.35. The summed E-state index contributed by atoms with van der Waals surface area (Å²) in [6.45, 7) is 3.49. The minimum absolute atomic E-state index is 0.0707. The van der Waals surface area contributed by atoms with Gasteiger partial charge in [-0.15, -0.1) is 0 Å². The van der Waals surface area contributed by atoms with E-state index in [1.165, 1.54) is 51.6 Å². The van der Waals surface area contributed by atoms with Crippen LogP contribution in [0, 0.1) is 34.5 Å². The van der Waals surface area contributed by atoms with Crippen molar-refractivity contribution in [3.8, 4) is 6.07 Å². The summed E-state index contributed by atoms with van der Waals surface area (Å²) in [5.41, 5.74) is 6.83. The van der Waals surface area contributed by atoms with Gasteiger partial charge in [-0.2, -0.15) is 5.26 Å². The van der Waals surface area contributed by atoms with E-state index in [0.29, 0.717) is 11.4 Å². The van der Waals surface area contributed by atoms with E-state index in [0.717, 1.165) is 22.7 Å². The lowest BCUT2D eigenvalue weighted by atomic mass is 9.48. The van der Waals surface area contributed by atoms with Crippen LogP contribution in [0.25, 0.3) is 0 Å². The maximum Gasteiger partial charge on any atom is 0.277 e. The van der Waals surface area contributed by atoms with Gasteiger partial charge in [-0.1, -0.05) is 0 Å². The SMILES string of the molecule is CC(=O)N(C(=O)/C(C#N)=C\NC(C)C12CC3CC(CC(C3)C1)C2)c1ccc(N)cc1. The Hall–Kier alpha value is -2.81. The summed E-state index contributed by atoms with van der Waals surface area (Å²) in [5.74, 6) is 1.43. The average Bonchev–Trinajstić information content (AvgIpc) is 2.68. The summed E-state index contributed by atoms with van der Waals surface area (Å²) in [7, 11) is 0. The van der Waals surface area contributed by atoms with E-state index in [4.69, 9.17) is 5.73 Å². The van der Waals surface area contributed by atoms with Crippen molar-refractivity contribution in [2.75, 3.05) is 10.6 Å². The van der Waals surface area contributed by atoms with Gasteiger partial charge in [0.1, 0.15) is 11.6 Å². The number of nitrogen functional groups attached to an aromatic ring is 1. The molecule has 0 aliphatic heterocycles. The van der Waals surface area contributed by atoms with E-state index >= 15 is 0 Å². The molecule has 1 aromatic rings. The first-order valence-corrected chi connectivity index (χ1v) is 10.9. The summed E-state index contributed by atoms with van der Waals surface area (Å²) < 4.78 is 0. The number of anilines is 2. The van der Waals surface area contributed by atoms with Crippen LogP contribution in [0.3, 0.4) is 0 Å². The minimum atomic E-state index is -0.625. The van der Waals surface area contributed by atoms with Crippen molar-refractivity contribution in [3.05, 3.63) is 36.0 Å². The highest BCUT2D eigenvalue weighted by molar-refractivity contribution is 6.21.